The van der Waals surface area contributed by atoms with Crippen LogP contribution in [0.4, 0.5) is 0 Å². The molecule has 0 saturated carbocycles. The maximum absolute atomic E-state index is 7.44. The van der Waals surface area contributed by atoms with Gasteiger partial charge in [0.2, 0.25) is 0 Å². The number of nitrogens with zero attached hydrogens (tertiary/aromatic N) is 4. The predicted octanol–water partition coefficient (Wildman–Crippen LogP) is 7.03. The fourth-order valence-electron chi connectivity index (χ4n) is 2.81. The van der Waals surface area contributed by atoms with Gasteiger partial charge in [0.15, 0.2) is 0 Å². The van der Waals surface area contributed by atoms with E-state index in [9.17, 15) is 0 Å². The predicted molar refractivity (Wildman–Crippen MR) is 137 cm³/mol. The van der Waals surface area contributed by atoms with Crippen molar-refractivity contribution in [3.63, 3.8) is 0 Å². The van der Waals surface area contributed by atoms with Crippen LogP contribution in [-0.2, 0) is 19.5 Å². The molecule has 0 unspecified atom stereocenters. The number of fused-ring (bicyclic) bond motifs is 3. The molecule has 33 heavy (non-hydrogen) atoms. The van der Waals surface area contributed by atoms with E-state index in [1.165, 1.54) is 10.8 Å². The molecule has 3 aromatic carbocycles. The second-order valence-corrected chi connectivity index (χ2v) is 6.28. The Morgan fingerprint density at radius 2 is 1.30 bits per heavy atom. The summed E-state index contributed by atoms with van der Waals surface area (Å²) in [5, 5.41) is 18.4. The van der Waals surface area contributed by atoms with E-state index in [-0.39, 0.29) is 19.5 Å². The van der Waals surface area contributed by atoms with Gasteiger partial charge in [-0.15, -0.1) is 70.9 Å². The van der Waals surface area contributed by atoms with Crippen molar-refractivity contribution in [3.8, 4) is 11.3 Å². The smallest absolute Gasteiger partial charge is 0.814 e. The molecule has 164 valence electrons. The molecule has 5 heteroatoms. The summed E-state index contributed by atoms with van der Waals surface area (Å²) in [4.78, 5) is 8.60. The number of aromatic nitrogens is 2. The van der Waals surface area contributed by atoms with Crippen molar-refractivity contribution in [2.45, 2.75) is 13.8 Å². The topological polar surface area (TPSA) is 70.4 Å². The van der Waals surface area contributed by atoms with Gasteiger partial charge in [-0.1, -0.05) is 44.2 Å². The fraction of sp³-hybridized carbons (Fsp3) is 0.0714. The molecule has 0 spiro atoms. The van der Waals surface area contributed by atoms with Crippen molar-refractivity contribution in [1.82, 2.24) is 9.97 Å². The van der Waals surface area contributed by atoms with Crippen molar-refractivity contribution in [2.24, 2.45) is 0 Å². The summed E-state index contributed by atoms with van der Waals surface area (Å²) in [5.41, 5.74) is 3.04. The van der Waals surface area contributed by atoms with E-state index in [1.54, 1.807) is 20.0 Å². The Bertz CT molecular complexity index is 1130. The van der Waals surface area contributed by atoms with Crippen molar-refractivity contribution in [1.29, 1.82) is 0 Å². The van der Waals surface area contributed by atoms with Crippen LogP contribution in [0.5, 0.6) is 0 Å². The van der Waals surface area contributed by atoms with Crippen LogP contribution in [0.3, 0.4) is 0 Å². The molecule has 2 aromatic heterocycles. The van der Waals surface area contributed by atoms with Crippen molar-refractivity contribution < 1.29 is 19.5 Å². The molecule has 0 radical (unpaired) electrons. The summed E-state index contributed by atoms with van der Waals surface area (Å²) >= 11 is 0. The Hall–Kier alpha value is -3.56. The zero-order valence-electron chi connectivity index (χ0n) is 18.5. The maximum Gasteiger partial charge on any atom is 4.00 e. The second kappa shape index (κ2) is 16.1. The monoisotopic (exact) mass is 518 g/mol. The van der Waals surface area contributed by atoms with E-state index >= 15 is 0 Å². The van der Waals surface area contributed by atoms with Crippen LogP contribution in [0.15, 0.2) is 97.3 Å². The summed E-state index contributed by atoms with van der Waals surface area (Å²) in [5.74, 6) is 0. The summed E-state index contributed by atoms with van der Waals surface area (Å²) < 4.78 is 0. The van der Waals surface area contributed by atoms with Gasteiger partial charge in [-0.05, 0) is 28.7 Å². The number of hydrogen-bond donors (Lipinski definition) is 0. The van der Waals surface area contributed by atoms with E-state index < -0.39 is 0 Å². The molecule has 4 nitrogen and oxygen atoms in total. The molecule has 0 amide bonds. The van der Waals surface area contributed by atoms with Crippen LogP contribution < -0.4 is 0 Å². The molecule has 5 rings (SSSR count). The van der Waals surface area contributed by atoms with Gasteiger partial charge >= 0.3 is 19.5 Å². The fourth-order valence-corrected chi connectivity index (χ4v) is 2.81. The van der Waals surface area contributed by atoms with E-state index in [0.29, 0.717) is 0 Å². The first kappa shape index (κ1) is 27.5. The first-order valence-electron chi connectivity index (χ1n) is 10.1. The van der Waals surface area contributed by atoms with Gasteiger partial charge in [-0.25, -0.2) is 12.4 Å². The van der Waals surface area contributed by atoms with Crippen LogP contribution >= 0.6 is 0 Å². The largest absolute Gasteiger partial charge is 4.00 e. The molecular weight excluding hydrogens is 493 g/mol. The molecule has 0 atom stereocenters. The van der Waals surface area contributed by atoms with Gasteiger partial charge in [0, 0.05) is 12.4 Å². The van der Waals surface area contributed by atoms with Crippen LogP contribution in [0.25, 0.3) is 43.8 Å². The Balaban J connectivity index is 0.000000263. The minimum Gasteiger partial charge on any atom is -0.814 e. The third-order valence-corrected chi connectivity index (χ3v) is 4.06. The molecular formula is C28H24N4Ru. The van der Waals surface area contributed by atoms with Crippen molar-refractivity contribution in [2.75, 3.05) is 0 Å². The Morgan fingerprint density at radius 1 is 0.667 bits per heavy atom. The maximum atomic E-state index is 7.44. The van der Waals surface area contributed by atoms with Crippen LogP contribution in [0.1, 0.15) is 13.8 Å². The average molecular weight is 518 g/mol. The van der Waals surface area contributed by atoms with Gasteiger partial charge in [-0.3, -0.25) is 0 Å². The Morgan fingerprint density at radius 3 is 1.97 bits per heavy atom. The molecule has 0 N–H and O–H groups in total. The quantitative estimate of drug-likeness (QED) is 0.104. The molecule has 0 bridgehead atoms. The van der Waals surface area contributed by atoms with Gasteiger partial charge in [0.25, 0.3) is 0 Å². The van der Waals surface area contributed by atoms with Gasteiger partial charge in [-0.2, -0.15) is 0 Å². The molecule has 0 aliphatic carbocycles. The van der Waals surface area contributed by atoms with Gasteiger partial charge in [0.1, 0.15) is 0 Å². The second-order valence-electron chi connectivity index (χ2n) is 6.28. The van der Waals surface area contributed by atoms with E-state index in [4.69, 9.17) is 10.8 Å². The normalized spacial score (nSPS) is 8.91. The van der Waals surface area contributed by atoms with Gasteiger partial charge < -0.3 is 20.8 Å². The number of benzene rings is 3. The van der Waals surface area contributed by atoms with Crippen LogP contribution in [0, 0.1) is 12.1 Å². The van der Waals surface area contributed by atoms with E-state index in [2.05, 4.69) is 46.4 Å². The molecule has 0 aliphatic heterocycles. The number of hydrogen-bond acceptors (Lipinski definition) is 2. The molecule has 0 fully saturated rings. The number of rotatable bonds is 1. The van der Waals surface area contributed by atoms with Crippen molar-refractivity contribution >= 4 is 34.1 Å². The first-order chi connectivity index (χ1) is 15.7. The van der Waals surface area contributed by atoms with E-state index in [0.717, 1.165) is 34.6 Å². The molecule has 0 saturated heterocycles. The Labute approximate surface area is 208 Å². The average Bonchev–Trinajstić information content (AvgIpc) is 2.86. The molecule has 0 aliphatic rings. The summed E-state index contributed by atoms with van der Waals surface area (Å²) in [6, 6.07) is 34.3. The first-order valence-corrected chi connectivity index (χ1v) is 10.1. The Kier molecular flexibility index (Phi) is 13.4. The number of pyridine rings is 2. The third kappa shape index (κ3) is 8.84. The zero-order chi connectivity index (χ0) is 23.0. The SMILES string of the molecule is CC=[N-].CC=[N-].[Ru+4].[c-]1cccc2ccc3cccnc3c12.[c-]1ccccc1-c1ccccn1. The van der Waals surface area contributed by atoms with E-state index in [1.807, 2.05) is 66.9 Å². The van der Waals surface area contributed by atoms with Crippen LogP contribution in [0.2, 0.25) is 0 Å². The minimum atomic E-state index is 0. The third-order valence-electron chi connectivity index (χ3n) is 4.06. The van der Waals surface area contributed by atoms with Crippen LogP contribution in [-0.4, -0.2) is 22.4 Å². The minimum absolute atomic E-state index is 0. The van der Waals surface area contributed by atoms with Crippen molar-refractivity contribution in [3.05, 3.63) is 120 Å². The van der Waals surface area contributed by atoms with Gasteiger partial charge in [0.05, 0.1) is 0 Å². The summed E-state index contributed by atoms with van der Waals surface area (Å²) in [6.45, 7) is 3.11. The standard InChI is InChI=1S/C13H8N.C11H8N.2C2H4N.Ru/c1-2-6-12-10(4-1)7-8-11-5-3-9-14-13(11)12;1-2-6-10(7-3-1)11-8-4-5-9-12-11;2*1-2-3;/h1-5,7-9H;1-6,8-9H;2*2H,1H3;/q4*-1;+4. The molecule has 5 aromatic rings. The summed E-state index contributed by atoms with van der Waals surface area (Å²) in [6.07, 6.45) is 5.61. The summed E-state index contributed by atoms with van der Waals surface area (Å²) in [7, 11) is 0. The molecule has 2 heterocycles. The zero-order valence-corrected chi connectivity index (χ0v) is 20.3.